The molecule has 2 heterocycles. The minimum Gasteiger partial charge on any atom is -0.396 e. The average Bonchev–Trinajstić information content (AvgIpc) is 2.51. The van der Waals surface area contributed by atoms with Gasteiger partial charge in [-0.15, -0.1) is 0 Å². The van der Waals surface area contributed by atoms with Crippen molar-refractivity contribution >= 4 is 23.4 Å². The molecular formula is C14H28B2N3O3P. The zero-order chi connectivity index (χ0) is 17.0. The van der Waals surface area contributed by atoms with E-state index >= 15 is 0 Å². The Hall–Kier alpha value is 0.160. The lowest BCUT2D eigenvalue weighted by atomic mass is 9.77. The van der Waals surface area contributed by atoms with Crippen LogP contribution in [0.3, 0.4) is 0 Å². The highest BCUT2D eigenvalue weighted by Gasteiger charge is 2.40. The van der Waals surface area contributed by atoms with Gasteiger partial charge >= 0.3 is 7.67 Å². The van der Waals surface area contributed by atoms with Crippen molar-refractivity contribution in [3.05, 3.63) is 0 Å². The van der Waals surface area contributed by atoms with Gasteiger partial charge in [-0.3, -0.25) is 4.57 Å². The van der Waals surface area contributed by atoms with Crippen molar-refractivity contribution in [3.8, 4) is 0 Å². The first-order valence-corrected chi connectivity index (χ1v) is 9.88. The van der Waals surface area contributed by atoms with Crippen LogP contribution >= 0.6 is 7.67 Å². The number of aliphatic hydroxyl groups excluding tert-OH is 1. The third-order valence-corrected chi connectivity index (χ3v) is 7.16. The Morgan fingerprint density at radius 1 is 1.22 bits per heavy atom. The third kappa shape index (κ3) is 5.07. The molecule has 5 unspecified atom stereocenters. The van der Waals surface area contributed by atoms with Crippen molar-refractivity contribution < 1.29 is 14.2 Å². The topological polar surface area (TPSA) is 65.0 Å². The third-order valence-electron chi connectivity index (χ3n) is 4.63. The molecule has 9 heteroatoms. The van der Waals surface area contributed by atoms with E-state index in [2.05, 4.69) is 5.32 Å². The van der Waals surface area contributed by atoms with Crippen LogP contribution in [0.1, 0.15) is 12.8 Å². The van der Waals surface area contributed by atoms with E-state index < -0.39 is 7.67 Å². The van der Waals surface area contributed by atoms with Gasteiger partial charge in [-0.25, -0.2) is 9.34 Å². The van der Waals surface area contributed by atoms with Gasteiger partial charge in [-0.2, -0.15) is 0 Å². The standard InChI is InChI=1S/C14H28B2N3O3P/c1-18(2)23(21,19-7-12(9-20)4-14(16)8-19)22-10-11-3-13(15)6-17-5-11/h11-14,17,20H,3-10H2,1-2H3. The Morgan fingerprint density at radius 2 is 1.91 bits per heavy atom. The molecule has 0 spiro atoms. The van der Waals surface area contributed by atoms with Crippen molar-refractivity contribution in [2.24, 2.45) is 11.8 Å². The molecule has 0 aromatic carbocycles. The Morgan fingerprint density at radius 3 is 2.52 bits per heavy atom. The van der Waals surface area contributed by atoms with Crippen LogP contribution in [0, 0.1) is 11.8 Å². The molecule has 2 aliphatic rings. The second-order valence-corrected chi connectivity index (χ2v) is 9.67. The molecule has 128 valence electrons. The summed E-state index contributed by atoms with van der Waals surface area (Å²) in [6.45, 7) is 3.18. The first-order chi connectivity index (χ1) is 10.8. The molecule has 0 saturated carbocycles. The Kier molecular flexibility index (Phi) is 7.20. The van der Waals surface area contributed by atoms with E-state index in [0.29, 0.717) is 19.7 Å². The molecule has 2 N–H and O–H groups in total. The fourth-order valence-corrected chi connectivity index (χ4v) is 5.57. The summed E-state index contributed by atoms with van der Waals surface area (Å²) in [5.41, 5.74) is 0. The van der Waals surface area contributed by atoms with Crippen LogP contribution < -0.4 is 5.32 Å². The van der Waals surface area contributed by atoms with Crippen molar-refractivity contribution in [1.29, 1.82) is 0 Å². The van der Waals surface area contributed by atoms with Gasteiger partial charge in [0.15, 0.2) is 0 Å². The number of aliphatic hydroxyl groups is 1. The number of piperidine rings is 2. The van der Waals surface area contributed by atoms with Crippen LogP contribution in [0.15, 0.2) is 0 Å². The second-order valence-electron chi connectivity index (χ2n) is 7.07. The smallest absolute Gasteiger partial charge is 0.345 e. The molecule has 5 atom stereocenters. The van der Waals surface area contributed by atoms with Crippen molar-refractivity contribution in [2.45, 2.75) is 24.5 Å². The normalized spacial score (nSPS) is 36.0. The van der Waals surface area contributed by atoms with Crippen LogP contribution in [-0.4, -0.2) is 83.6 Å². The van der Waals surface area contributed by atoms with Gasteiger partial charge in [0.05, 0.1) is 22.3 Å². The molecular weight excluding hydrogens is 311 g/mol. The quantitative estimate of drug-likeness (QED) is 0.543. The van der Waals surface area contributed by atoms with Gasteiger partial charge in [-0.05, 0) is 32.5 Å². The zero-order valence-corrected chi connectivity index (χ0v) is 15.1. The second kappa shape index (κ2) is 8.50. The minimum atomic E-state index is -3.13. The molecule has 0 aromatic rings. The highest BCUT2D eigenvalue weighted by molar-refractivity contribution is 7.53. The average molecular weight is 339 g/mol. The van der Waals surface area contributed by atoms with Crippen molar-refractivity contribution in [1.82, 2.24) is 14.7 Å². The van der Waals surface area contributed by atoms with Gasteiger partial charge < -0.3 is 14.9 Å². The van der Waals surface area contributed by atoms with Crippen molar-refractivity contribution in [2.75, 3.05) is 53.5 Å². The molecule has 4 radical (unpaired) electrons. The molecule has 2 rings (SSSR count). The van der Waals surface area contributed by atoms with Gasteiger partial charge in [0.1, 0.15) is 0 Å². The molecule has 23 heavy (non-hydrogen) atoms. The summed E-state index contributed by atoms with van der Waals surface area (Å²) in [6, 6.07) is 0. The Labute approximate surface area is 142 Å². The van der Waals surface area contributed by atoms with E-state index in [1.54, 1.807) is 18.8 Å². The molecule has 6 nitrogen and oxygen atoms in total. The fourth-order valence-electron chi connectivity index (χ4n) is 3.41. The van der Waals surface area contributed by atoms with E-state index in [1.807, 2.05) is 4.67 Å². The summed E-state index contributed by atoms with van der Waals surface area (Å²) in [4.78, 5) is 0. The summed E-state index contributed by atoms with van der Waals surface area (Å²) in [5.74, 6) is 0.334. The van der Waals surface area contributed by atoms with E-state index in [-0.39, 0.29) is 30.1 Å². The van der Waals surface area contributed by atoms with Gasteiger partial charge in [-0.1, -0.05) is 24.5 Å². The lowest BCUT2D eigenvalue weighted by molar-refractivity contribution is 0.130. The summed E-state index contributed by atoms with van der Waals surface area (Å²) < 4.78 is 22.8. The maximum atomic E-state index is 13.4. The molecule has 2 aliphatic heterocycles. The highest BCUT2D eigenvalue weighted by atomic mass is 31.2. The SMILES string of the molecule is [B]C1CNCC(COP(=O)(N(C)C)N2CC([B])CC(CO)C2)C1. The maximum Gasteiger partial charge on any atom is 0.345 e. The van der Waals surface area contributed by atoms with E-state index in [1.165, 1.54) is 0 Å². The summed E-state index contributed by atoms with van der Waals surface area (Å²) in [5, 5.41) is 12.7. The lowest BCUT2D eigenvalue weighted by Crippen LogP contribution is -2.42. The van der Waals surface area contributed by atoms with Crippen LogP contribution in [0.2, 0.25) is 11.6 Å². The Balaban J connectivity index is 2.01. The zero-order valence-electron chi connectivity index (χ0n) is 14.2. The molecule has 2 fully saturated rings. The van der Waals surface area contributed by atoms with Crippen LogP contribution in [0.25, 0.3) is 0 Å². The van der Waals surface area contributed by atoms with E-state index in [9.17, 15) is 9.67 Å². The fraction of sp³-hybridized carbons (Fsp3) is 1.00. The largest absolute Gasteiger partial charge is 0.396 e. The molecule has 0 amide bonds. The van der Waals surface area contributed by atoms with E-state index in [4.69, 9.17) is 20.2 Å². The van der Waals surface area contributed by atoms with Crippen LogP contribution in [0.5, 0.6) is 0 Å². The summed E-state index contributed by atoms with van der Waals surface area (Å²) in [7, 11) is 12.4. The number of rotatable bonds is 6. The number of nitrogens with one attached hydrogen (secondary N) is 1. The van der Waals surface area contributed by atoms with Crippen LogP contribution in [0.4, 0.5) is 0 Å². The number of nitrogens with zero attached hydrogens (tertiary/aromatic N) is 2. The minimum absolute atomic E-state index is 0.0420. The molecule has 2 saturated heterocycles. The van der Waals surface area contributed by atoms with Crippen molar-refractivity contribution in [3.63, 3.8) is 0 Å². The van der Waals surface area contributed by atoms with Gasteiger partial charge in [0, 0.05) is 26.2 Å². The van der Waals surface area contributed by atoms with Gasteiger partial charge in [0.25, 0.3) is 0 Å². The monoisotopic (exact) mass is 339 g/mol. The number of hydrogen-bond acceptors (Lipinski definition) is 4. The maximum absolute atomic E-state index is 13.4. The summed E-state index contributed by atoms with van der Waals surface area (Å²) in [6.07, 6.45) is 1.63. The molecule has 0 aromatic heterocycles. The highest BCUT2D eigenvalue weighted by Crippen LogP contribution is 2.55. The predicted molar refractivity (Wildman–Crippen MR) is 94.0 cm³/mol. The predicted octanol–water partition coefficient (Wildman–Crippen LogP) is 0.510. The van der Waals surface area contributed by atoms with E-state index in [0.717, 1.165) is 25.9 Å². The lowest BCUT2D eigenvalue weighted by Gasteiger charge is -2.42. The first-order valence-electron chi connectivity index (χ1n) is 8.35. The first kappa shape index (κ1) is 19.5. The molecule has 0 bridgehead atoms. The van der Waals surface area contributed by atoms with Gasteiger partial charge in [0.2, 0.25) is 0 Å². The molecule has 0 aliphatic carbocycles. The Bertz CT molecular complexity index is 430. The number of hydrogen-bond donors (Lipinski definition) is 2. The summed E-state index contributed by atoms with van der Waals surface area (Å²) >= 11 is 0. The van der Waals surface area contributed by atoms with Crippen LogP contribution in [-0.2, 0) is 9.09 Å².